The molecule has 0 aliphatic rings. The monoisotopic (exact) mass is 309 g/mol. The SMILES string of the molecule is O=C(NCCSc1ccc(Cl)cc1)c1cccc(F)c1. The Morgan fingerprint density at radius 1 is 1.20 bits per heavy atom. The van der Waals surface area contributed by atoms with E-state index in [1.807, 2.05) is 24.3 Å². The van der Waals surface area contributed by atoms with E-state index in [1.54, 1.807) is 17.8 Å². The highest BCUT2D eigenvalue weighted by Crippen LogP contribution is 2.19. The standard InChI is InChI=1S/C15H13ClFNOS/c16-12-4-6-14(7-5-12)20-9-8-18-15(19)11-2-1-3-13(17)10-11/h1-7,10H,8-9H2,(H,18,19). The van der Waals surface area contributed by atoms with Crippen molar-refractivity contribution in [2.24, 2.45) is 0 Å². The van der Waals surface area contributed by atoms with Gasteiger partial charge in [0.25, 0.3) is 5.91 Å². The lowest BCUT2D eigenvalue weighted by Crippen LogP contribution is -2.25. The molecule has 5 heteroatoms. The molecule has 0 fully saturated rings. The van der Waals surface area contributed by atoms with Crippen LogP contribution in [0.2, 0.25) is 5.02 Å². The summed E-state index contributed by atoms with van der Waals surface area (Å²) in [5.74, 6) is 0.0669. The number of benzene rings is 2. The smallest absolute Gasteiger partial charge is 0.251 e. The minimum absolute atomic E-state index is 0.263. The Bertz CT molecular complexity index is 589. The van der Waals surface area contributed by atoms with E-state index in [0.717, 1.165) is 10.6 Å². The normalized spacial score (nSPS) is 10.3. The minimum Gasteiger partial charge on any atom is -0.351 e. The van der Waals surface area contributed by atoms with Crippen LogP contribution in [0.3, 0.4) is 0 Å². The molecule has 0 saturated carbocycles. The molecule has 2 rings (SSSR count). The number of nitrogens with one attached hydrogen (secondary N) is 1. The van der Waals surface area contributed by atoms with Crippen LogP contribution in [0.5, 0.6) is 0 Å². The zero-order chi connectivity index (χ0) is 14.4. The first-order chi connectivity index (χ1) is 9.65. The van der Waals surface area contributed by atoms with Crippen LogP contribution in [0.15, 0.2) is 53.4 Å². The van der Waals surface area contributed by atoms with Gasteiger partial charge >= 0.3 is 0 Å². The average molecular weight is 310 g/mol. The third kappa shape index (κ3) is 4.54. The highest BCUT2D eigenvalue weighted by Gasteiger charge is 2.05. The van der Waals surface area contributed by atoms with Gasteiger partial charge in [-0.25, -0.2) is 4.39 Å². The number of thioether (sulfide) groups is 1. The molecule has 0 radical (unpaired) electrons. The summed E-state index contributed by atoms with van der Waals surface area (Å²) in [6.07, 6.45) is 0. The third-order valence-corrected chi connectivity index (χ3v) is 3.82. The maximum Gasteiger partial charge on any atom is 0.251 e. The molecule has 0 bridgehead atoms. The van der Waals surface area contributed by atoms with E-state index >= 15 is 0 Å². The van der Waals surface area contributed by atoms with Crippen molar-refractivity contribution < 1.29 is 9.18 Å². The molecule has 0 spiro atoms. The van der Waals surface area contributed by atoms with Crippen LogP contribution in [0.4, 0.5) is 4.39 Å². The molecular weight excluding hydrogens is 297 g/mol. The molecule has 104 valence electrons. The van der Waals surface area contributed by atoms with Crippen molar-refractivity contribution in [2.45, 2.75) is 4.90 Å². The van der Waals surface area contributed by atoms with E-state index < -0.39 is 5.82 Å². The molecule has 1 amide bonds. The summed E-state index contributed by atoms with van der Waals surface area (Å²) in [5, 5.41) is 3.46. The van der Waals surface area contributed by atoms with E-state index in [1.165, 1.54) is 18.2 Å². The first-order valence-corrected chi connectivity index (χ1v) is 7.43. The van der Waals surface area contributed by atoms with E-state index in [2.05, 4.69) is 5.32 Å². The average Bonchev–Trinajstić information content (AvgIpc) is 2.45. The van der Waals surface area contributed by atoms with Gasteiger partial charge in [-0.15, -0.1) is 11.8 Å². The molecule has 2 aromatic rings. The molecule has 0 atom stereocenters. The largest absolute Gasteiger partial charge is 0.351 e. The summed E-state index contributed by atoms with van der Waals surface area (Å²) in [7, 11) is 0. The molecule has 1 N–H and O–H groups in total. The zero-order valence-electron chi connectivity index (χ0n) is 10.6. The Morgan fingerprint density at radius 2 is 1.95 bits per heavy atom. The van der Waals surface area contributed by atoms with Gasteiger partial charge in [-0.05, 0) is 42.5 Å². The lowest BCUT2D eigenvalue weighted by molar-refractivity contribution is 0.0955. The van der Waals surface area contributed by atoms with Crippen LogP contribution >= 0.6 is 23.4 Å². The van der Waals surface area contributed by atoms with E-state index in [0.29, 0.717) is 17.1 Å². The lowest BCUT2D eigenvalue weighted by Gasteiger charge is -2.05. The Hall–Kier alpha value is -1.52. The summed E-state index contributed by atoms with van der Waals surface area (Å²) < 4.78 is 13.0. The summed E-state index contributed by atoms with van der Waals surface area (Å²) in [5.41, 5.74) is 0.335. The number of carbonyl (C=O) groups excluding carboxylic acids is 1. The summed E-state index contributed by atoms with van der Waals surface area (Å²) in [6, 6.07) is 13.2. The van der Waals surface area contributed by atoms with Gasteiger partial charge < -0.3 is 5.32 Å². The zero-order valence-corrected chi connectivity index (χ0v) is 12.2. The van der Waals surface area contributed by atoms with Crippen molar-refractivity contribution in [2.75, 3.05) is 12.3 Å². The number of amides is 1. The highest BCUT2D eigenvalue weighted by molar-refractivity contribution is 7.99. The fourth-order valence-corrected chi connectivity index (χ4v) is 2.49. The summed E-state index contributed by atoms with van der Waals surface area (Å²) in [6.45, 7) is 0.517. The molecule has 0 saturated heterocycles. The molecule has 2 aromatic carbocycles. The van der Waals surface area contributed by atoms with Crippen LogP contribution in [-0.4, -0.2) is 18.2 Å². The van der Waals surface area contributed by atoms with E-state index in [4.69, 9.17) is 11.6 Å². The third-order valence-electron chi connectivity index (χ3n) is 2.56. The lowest BCUT2D eigenvalue weighted by atomic mass is 10.2. The summed E-state index contributed by atoms with van der Waals surface area (Å²) >= 11 is 7.42. The molecule has 0 aliphatic heterocycles. The molecule has 0 unspecified atom stereocenters. The van der Waals surface area contributed by atoms with Crippen LogP contribution in [0, 0.1) is 5.82 Å². The minimum atomic E-state index is -0.409. The van der Waals surface area contributed by atoms with Gasteiger partial charge in [0.15, 0.2) is 0 Å². The van der Waals surface area contributed by atoms with Crippen LogP contribution in [-0.2, 0) is 0 Å². The Morgan fingerprint density at radius 3 is 2.65 bits per heavy atom. The Kier molecular flexibility index (Phi) is 5.44. The highest BCUT2D eigenvalue weighted by atomic mass is 35.5. The molecular formula is C15H13ClFNOS. The molecule has 0 aromatic heterocycles. The van der Waals surface area contributed by atoms with Gasteiger partial charge in [-0.2, -0.15) is 0 Å². The first kappa shape index (κ1) is 14.9. The number of hydrogen-bond acceptors (Lipinski definition) is 2. The number of halogens is 2. The number of carbonyl (C=O) groups is 1. The number of rotatable bonds is 5. The van der Waals surface area contributed by atoms with Crippen molar-refractivity contribution in [1.29, 1.82) is 0 Å². The van der Waals surface area contributed by atoms with Gasteiger partial charge in [0.2, 0.25) is 0 Å². The molecule has 20 heavy (non-hydrogen) atoms. The second kappa shape index (κ2) is 7.31. The van der Waals surface area contributed by atoms with Crippen LogP contribution in [0.1, 0.15) is 10.4 Å². The van der Waals surface area contributed by atoms with Gasteiger partial charge in [0.05, 0.1) is 0 Å². The molecule has 0 heterocycles. The van der Waals surface area contributed by atoms with Crippen LogP contribution < -0.4 is 5.32 Å². The van der Waals surface area contributed by atoms with Crippen molar-refractivity contribution >= 4 is 29.3 Å². The molecule has 2 nitrogen and oxygen atoms in total. The second-order valence-electron chi connectivity index (χ2n) is 4.07. The molecule has 0 aliphatic carbocycles. The van der Waals surface area contributed by atoms with Crippen molar-refractivity contribution in [1.82, 2.24) is 5.32 Å². The maximum atomic E-state index is 13.0. The van der Waals surface area contributed by atoms with Gasteiger partial charge in [0.1, 0.15) is 5.82 Å². The maximum absolute atomic E-state index is 13.0. The van der Waals surface area contributed by atoms with Crippen molar-refractivity contribution in [3.05, 3.63) is 64.9 Å². The second-order valence-corrected chi connectivity index (χ2v) is 5.67. The fraction of sp³-hybridized carbons (Fsp3) is 0.133. The van der Waals surface area contributed by atoms with Gasteiger partial charge in [-0.1, -0.05) is 17.7 Å². The fourth-order valence-electron chi connectivity index (χ4n) is 1.60. The first-order valence-electron chi connectivity index (χ1n) is 6.07. The van der Waals surface area contributed by atoms with Gasteiger partial charge in [0, 0.05) is 27.8 Å². The Balaban J connectivity index is 1.76. The predicted molar refractivity (Wildman–Crippen MR) is 80.9 cm³/mol. The topological polar surface area (TPSA) is 29.1 Å². The van der Waals surface area contributed by atoms with E-state index in [-0.39, 0.29) is 5.91 Å². The van der Waals surface area contributed by atoms with E-state index in [9.17, 15) is 9.18 Å². The van der Waals surface area contributed by atoms with Crippen molar-refractivity contribution in [3.8, 4) is 0 Å². The summed E-state index contributed by atoms with van der Waals surface area (Å²) in [4.78, 5) is 12.8. The predicted octanol–water partition coefficient (Wildman–Crippen LogP) is 4.00. The van der Waals surface area contributed by atoms with Crippen molar-refractivity contribution in [3.63, 3.8) is 0 Å². The quantitative estimate of drug-likeness (QED) is 0.668. The Labute approximate surface area is 126 Å². The van der Waals surface area contributed by atoms with Crippen LogP contribution in [0.25, 0.3) is 0 Å². The van der Waals surface area contributed by atoms with Gasteiger partial charge in [-0.3, -0.25) is 4.79 Å². The number of hydrogen-bond donors (Lipinski definition) is 1.